The van der Waals surface area contributed by atoms with Gasteiger partial charge in [-0.15, -0.1) is 0 Å². The lowest BCUT2D eigenvalue weighted by Crippen LogP contribution is -2.32. The van der Waals surface area contributed by atoms with Crippen LogP contribution in [0.1, 0.15) is 38.6 Å². The van der Waals surface area contributed by atoms with Gasteiger partial charge >= 0.3 is 6.09 Å². The molecule has 0 aromatic carbocycles. The van der Waals surface area contributed by atoms with Crippen LogP contribution in [0.25, 0.3) is 6.08 Å². The van der Waals surface area contributed by atoms with Crippen molar-refractivity contribution in [2.75, 3.05) is 6.54 Å². The Morgan fingerprint density at radius 1 is 1.56 bits per heavy atom. The van der Waals surface area contributed by atoms with Crippen LogP contribution in [0.5, 0.6) is 0 Å². The Labute approximate surface area is 108 Å². The Bertz CT molecular complexity index is 416. The van der Waals surface area contributed by atoms with E-state index >= 15 is 0 Å². The molecular formula is C13H21N3O2. The lowest BCUT2D eigenvalue weighted by molar-refractivity contribution is 0.0529. The van der Waals surface area contributed by atoms with Crippen LogP contribution < -0.4 is 5.32 Å². The summed E-state index contributed by atoms with van der Waals surface area (Å²) in [6, 6.07) is 0. The van der Waals surface area contributed by atoms with Gasteiger partial charge < -0.3 is 15.0 Å². The summed E-state index contributed by atoms with van der Waals surface area (Å²) < 4.78 is 5.12. The monoisotopic (exact) mass is 251 g/mol. The fourth-order valence-electron chi connectivity index (χ4n) is 1.30. The Balaban J connectivity index is 2.21. The van der Waals surface area contributed by atoms with Crippen molar-refractivity contribution < 1.29 is 9.53 Å². The minimum absolute atomic E-state index is 0.383. The predicted molar refractivity (Wildman–Crippen MR) is 71.2 cm³/mol. The van der Waals surface area contributed by atoms with E-state index in [0.29, 0.717) is 6.54 Å². The van der Waals surface area contributed by atoms with Crippen LogP contribution in [-0.2, 0) is 4.74 Å². The summed E-state index contributed by atoms with van der Waals surface area (Å²) >= 11 is 0. The molecule has 0 spiro atoms. The number of carbonyl (C=O) groups is 1. The third-order valence-corrected chi connectivity index (χ3v) is 2.12. The summed E-state index contributed by atoms with van der Waals surface area (Å²) in [6.45, 7) is 8.03. The summed E-state index contributed by atoms with van der Waals surface area (Å²) in [7, 11) is 0. The number of H-pyrrole nitrogens is 1. The van der Waals surface area contributed by atoms with Gasteiger partial charge in [-0.25, -0.2) is 9.78 Å². The number of nitrogens with zero attached hydrogens (tertiary/aromatic N) is 1. The third-order valence-electron chi connectivity index (χ3n) is 2.12. The molecular weight excluding hydrogens is 230 g/mol. The third kappa shape index (κ3) is 5.52. The molecule has 0 saturated heterocycles. The van der Waals surface area contributed by atoms with E-state index < -0.39 is 5.60 Å². The van der Waals surface area contributed by atoms with Crippen molar-refractivity contribution in [1.82, 2.24) is 15.3 Å². The molecule has 0 bridgehead atoms. The van der Waals surface area contributed by atoms with Crippen molar-refractivity contribution in [3.8, 4) is 0 Å². The second kappa shape index (κ2) is 6.23. The van der Waals surface area contributed by atoms with E-state index in [2.05, 4.69) is 15.3 Å². The first-order valence-corrected chi connectivity index (χ1v) is 6.02. The number of hydrogen-bond donors (Lipinski definition) is 2. The summed E-state index contributed by atoms with van der Waals surface area (Å²) in [5.41, 5.74) is 1.50. The fourth-order valence-corrected chi connectivity index (χ4v) is 1.30. The van der Waals surface area contributed by atoms with Crippen LogP contribution in [0, 0.1) is 6.92 Å². The molecule has 1 rings (SSSR count). The molecule has 0 atom stereocenters. The number of aromatic amines is 1. The lowest BCUT2D eigenvalue weighted by atomic mass is 10.2. The van der Waals surface area contributed by atoms with Crippen molar-refractivity contribution in [2.24, 2.45) is 0 Å². The van der Waals surface area contributed by atoms with Crippen LogP contribution in [0.2, 0.25) is 0 Å². The largest absolute Gasteiger partial charge is 0.444 e. The highest BCUT2D eigenvalue weighted by atomic mass is 16.6. The summed E-state index contributed by atoms with van der Waals surface area (Å²) in [4.78, 5) is 18.5. The smallest absolute Gasteiger partial charge is 0.407 e. The number of aryl methyl sites for hydroxylation is 1. The number of aromatic nitrogens is 2. The zero-order chi connectivity index (χ0) is 13.6. The summed E-state index contributed by atoms with van der Waals surface area (Å²) in [5, 5.41) is 2.69. The molecule has 0 aliphatic heterocycles. The quantitative estimate of drug-likeness (QED) is 0.808. The normalized spacial score (nSPS) is 11.8. The first kappa shape index (κ1) is 14.3. The number of amides is 1. The highest BCUT2D eigenvalue weighted by molar-refractivity contribution is 5.67. The highest BCUT2D eigenvalue weighted by Crippen LogP contribution is 2.06. The maximum atomic E-state index is 11.3. The van der Waals surface area contributed by atoms with E-state index in [-0.39, 0.29) is 6.09 Å². The van der Waals surface area contributed by atoms with Gasteiger partial charge in [-0.2, -0.15) is 0 Å². The van der Waals surface area contributed by atoms with E-state index in [4.69, 9.17) is 4.74 Å². The first-order chi connectivity index (χ1) is 8.38. The molecule has 5 heteroatoms. The summed E-state index contributed by atoms with van der Waals surface area (Å²) in [5.74, 6) is 0. The van der Waals surface area contributed by atoms with Gasteiger partial charge in [0.05, 0.1) is 12.0 Å². The molecule has 0 radical (unpaired) electrons. The Morgan fingerprint density at radius 2 is 2.28 bits per heavy atom. The Kier molecular flexibility index (Phi) is 4.95. The average molecular weight is 251 g/mol. The van der Waals surface area contributed by atoms with Gasteiger partial charge in [0.2, 0.25) is 0 Å². The zero-order valence-corrected chi connectivity index (χ0v) is 11.4. The molecule has 2 N–H and O–H groups in total. The fraction of sp³-hybridized carbons (Fsp3) is 0.538. The minimum atomic E-state index is -0.452. The van der Waals surface area contributed by atoms with E-state index in [1.807, 2.05) is 39.8 Å². The van der Waals surface area contributed by atoms with Crippen molar-refractivity contribution >= 4 is 12.2 Å². The number of alkyl carbamates (subject to hydrolysis) is 1. The summed E-state index contributed by atoms with van der Waals surface area (Å²) in [6.07, 6.45) is 5.93. The number of hydrogen-bond acceptors (Lipinski definition) is 3. The topological polar surface area (TPSA) is 67.0 Å². The lowest BCUT2D eigenvalue weighted by Gasteiger charge is -2.19. The molecule has 100 valence electrons. The molecule has 1 amide bonds. The van der Waals surface area contributed by atoms with Gasteiger partial charge in [0.15, 0.2) is 0 Å². The molecule has 0 aliphatic rings. The molecule has 0 fully saturated rings. The van der Waals surface area contributed by atoms with Crippen LogP contribution in [-0.4, -0.2) is 28.2 Å². The second-order valence-corrected chi connectivity index (χ2v) is 5.03. The molecule has 1 aromatic rings. The van der Waals surface area contributed by atoms with Crippen molar-refractivity contribution in [3.05, 3.63) is 23.8 Å². The number of nitrogens with one attached hydrogen (secondary N) is 2. The first-order valence-electron chi connectivity index (χ1n) is 6.02. The van der Waals surface area contributed by atoms with Crippen LogP contribution >= 0.6 is 0 Å². The van der Waals surface area contributed by atoms with Gasteiger partial charge in [-0.3, -0.25) is 0 Å². The maximum absolute atomic E-state index is 11.3. The maximum Gasteiger partial charge on any atom is 0.407 e. The van der Waals surface area contributed by atoms with E-state index in [1.54, 1.807) is 6.33 Å². The minimum Gasteiger partial charge on any atom is -0.444 e. The highest BCUT2D eigenvalue weighted by Gasteiger charge is 2.15. The second-order valence-electron chi connectivity index (χ2n) is 5.03. The number of carbonyl (C=O) groups excluding carboxylic acids is 1. The van der Waals surface area contributed by atoms with E-state index in [0.717, 1.165) is 17.8 Å². The van der Waals surface area contributed by atoms with Gasteiger partial charge in [-0.05, 0) is 40.2 Å². The SMILES string of the molecule is Cc1[nH]cnc1C=CCCNC(=O)OC(C)(C)C. The molecule has 0 aliphatic carbocycles. The molecule has 5 nitrogen and oxygen atoms in total. The van der Waals surface area contributed by atoms with Gasteiger partial charge in [0, 0.05) is 12.2 Å². The Morgan fingerprint density at radius 3 is 2.83 bits per heavy atom. The van der Waals surface area contributed by atoms with Crippen molar-refractivity contribution in [1.29, 1.82) is 0 Å². The van der Waals surface area contributed by atoms with Gasteiger partial charge in [-0.1, -0.05) is 6.08 Å². The van der Waals surface area contributed by atoms with E-state index in [9.17, 15) is 4.79 Å². The van der Waals surface area contributed by atoms with Crippen LogP contribution in [0.4, 0.5) is 4.79 Å². The van der Waals surface area contributed by atoms with Gasteiger partial charge in [0.25, 0.3) is 0 Å². The van der Waals surface area contributed by atoms with Crippen LogP contribution in [0.3, 0.4) is 0 Å². The van der Waals surface area contributed by atoms with E-state index in [1.165, 1.54) is 0 Å². The van der Waals surface area contributed by atoms with Gasteiger partial charge in [0.1, 0.15) is 5.60 Å². The molecule has 1 heterocycles. The molecule has 1 aromatic heterocycles. The zero-order valence-electron chi connectivity index (χ0n) is 11.4. The molecule has 0 saturated carbocycles. The predicted octanol–water partition coefficient (Wildman–Crippen LogP) is 2.65. The van der Waals surface area contributed by atoms with Crippen molar-refractivity contribution in [2.45, 2.75) is 39.7 Å². The Hall–Kier alpha value is -1.78. The average Bonchev–Trinajstić information content (AvgIpc) is 2.61. The molecule has 0 unspecified atom stereocenters. The molecule has 18 heavy (non-hydrogen) atoms. The number of ether oxygens (including phenoxy) is 1. The standard InChI is InChI=1S/C13H21N3O2/c1-10-11(16-9-15-10)7-5-6-8-14-12(17)18-13(2,3)4/h5,7,9H,6,8H2,1-4H3,(H,14,17)(H,15,16). The van der Waals surface area contributed by atoms with Crippen LogP contribution in [0.15, 0.2) is 12.4 Å². The van der Waals surface area contributed by atoms with Crippen molar-refractivity contribution in [3.63, 3.8) is 0 Å². The number of imidazole rings is 1. The number of rotatable bonds is 4.